The molecule has 0 amide bonds. The number of rotatable bonds is 11. The summed E-state index contributed by atoms with van der Waals surface area (Å²) in [6.07, 6.45) is 7.59. The van der Waals surface area contributed by atoms with Gasteiger partial charge in [-0.15, -0.1) is 0 Å². The smallest absolute Gasteiger partial charge is 0.106 e. The van der Waals surface area contributed by atoms with E-state index in [-0.39, 0.29) is 0 Å². The quantitative estimate of drug-likeness (QED) is 0.457. The molecule has 0 spiro atoms. The lowest BCUT2D eigenvalue weighted by Crippen LogP contribution is -2.18. The minimum Gasteiger partial charge on any atom is -0.381 e. The first kappa shape index (κ1) is 14.2. The highest BCUT2D eigenvalue weighted by Gasteiger charge is 1.94. The van der Waals surface area contributed by atoms with Crippen LogP contribution in [0.5, 0.6) is 0 Å². The molecular formula is C12H23N3O2. The van der Waals surface area contributed by atoms with Crippen LogP contribution in [0.15, 0.2) is 12.4 Å². The van der Waals surface area contributed by atoms with Crippen molar-refractivity contribution < 1.29 is 9.57 Å². The van der Waals surface area contributed by atoms with Gasteiger partial charge in [-0.3, -0.25) is 0 Å². The second kappa shape index (κ2) is 10.3. The van der Waals surface area contributed by atoms with E-state index in [1.165, 1.54) is 0 Å². The van der Waals surface area contributed by atoms with Crippen molar-refractivity contribution in [2.24, 2.45) is 0 Å². The fraction of sp³-hybridized carbons (Fsp3) is 0.750. The molecule has 0 saturated carbocycles. The van der Waals surface area contributed by atoms with Gasteiger partial charge in [0.15, 0.2) is 0 Å². The van der Waals surface area contributed by atoms with Crippen molar-refractivity contribution in [2.45, 2.75) is 32.6 Å². The van der Waals surface area contributed by atoms with Crippen molar-refractivity contribution in [3.05, 3.63) is 18.2 Å². The summed E-state index contributed by atoms with van der Waals surface area (Å²) < 4.78 is 5.34. The highest BCUT2D eigenvalue weighted by Crippen LogP contribution is 1.93. The molecule has 0 bridgehead atoms. The van der Waals surface area contributed by atoms with Crippen LogP contribution < -0.4 is 5.48 Å². The number of hydrogen-bond acceptors (Lipinski definition) is 4. The summed E-state index contributed by atoms with van der Waals surface area (Å²) in [4.78, 5) is 12.5. The molecule has 0 atom stereocenters. The first-order valence-corrected chi connectivity index (χ1v) is 6.34. The number of aromatic amines is 1. The van der Waals surface area contributed by atoms with E-state index >= 15 is 0 Å². The topological polar surface area (TPSA) is 59.2 Å². The van der Waals surface area contributed by atoms with Crippen LogP contribution in [-0.2, 0) is 16.0 Å². The maximum absolute atomic E-state index is 5.34. The largest absolute Gasteiger partial charge is 0.381 e. The Balaban J connectivity index is 1.76. The summed E-state index contributed by atoms with van der Waals surface area (Å²) in [6, 6.07) is 0. The molecule has 17 heavy (non-hydrogen) atoms. The number of hydrogen-bond donors (Lipinski definition) is 2. The monoisotopic (exact) mass is 241 g/mol. The standard InChI is InChI=1S/C12H23N3O2/c1-2-9-16-10-4-11-17-15-6-3-5-12-13-7-8-14-12/h7-8,15H,2-6,9-11H2,1H3,(H,13,14). The molecule has 0 aliphatic rings. The number of ether oxygens (including phenoxy) is 1. The molecule has 0 unspecified atom stereocenters. The molecule has 0 aliphatic carbocycles. The van der Waals surface area contributed by atoms with Crippen LogP contribution in [-0.4, -0.2) is 36.3 Å². The van der Waals surface area contributed by atoms with Crippen LogP contribution >= 0.6 is 0 Å². The molecule has 0 fully saturated rings. The molecule has 1 heterocycles. The number of nitrogens with one attached hydrogen (secondary N) is 2. The average molecular weight is 241 g/mol. The lowest BCUT2D eigenvalue weighted by atomic mass is 10.3. The van der Waals surface area contributed by atoms with Gasteiger partial charge in [0.25, 0.3) is 0 Å². The Kier molecular flexibility index (Phi) is 8.54. The number of imidazole rings is 1. The molecule has 0 saturated heterocycles. The third-order valence-electron chi connectivity index (χ3n) is 2.23. The SMILES string of the molecule is CCCOCCCONCCCc1ncc[nH]1. The van der Waals surface area contributed by atoms with E-state index in [1.54, 1.807) is 6.20 Å². The maximum atomic E-state index is 5.34. The molecule has 1 rings (SSSR count). The fourth-order valence-electron chi connectivity index (χ4n) is 1.39. The van der Waals surface area contributed by atoms with Gasteiger partial charge in [0, 0.05) is 38.6 Å². The maximum Gasteiger partial charge on any atom is 0.106 e. The third kappa shape index (κ3) is 7.90. The summed E-state index contributed by atoms with van der Waals surface area (Å²) in [5.74, 6) is 1.03. The Morgan fingerprint density at radius 2 is 2.24 bits per heavy atom. The summed E-state index contributed by atoms with van der Waals surface area (Å²) in [7, 11) is 0. The van der Waals surface area contributed by atoms with Crippen molar-refractivity contribution in [1.29, 1.82) is 0 Å². The first-order valence-electron chi connectivity index (χ1n) is 6.34. The zero-order valence-electron chi connectivity index (χ0n) is 10.6. The molecule has 0 radical (unpaired) electrons. The summed E-state index contributed by atoms with van der Waals surface area (Å²) in [6.45, 7) is 5.27. The Hall–Kier alpha value is -0.910. The Morgan fingerprint density at radius 1 is 1.29 bits per heavy atom. The van der Waals surface area contributed by atoms with E-state index in [2.05, 4.69) is 22.4 Å². The molecule has 0 aliphatic heterocycles. The fourth-order valence-corrected chi connectivity index (χ4v) is 1.39. The van der Waals surface area contributed by atoms with Crippen LogP contribution in [0, 0.1) is 0 Å². The molecule has 2 N–H and O–H groups in total. The van der Waals surface area contributed by atoms with Gasteiger partial charge in [-0.1, -0.05) is 6.92 Å². The number of H-pyrrole nitrogens is 1. The number of hydroxylamine groups is 1. The van der Waals surface area contributed by atoms with E-state index in [9.17, 15) is 0 Å². The lowest BCUT2D eigenvalue weighted by molar-refractivity contribution is 0.0225. The van der Waals surface area contributed by atoms with E-state index in [0.29, 0.717) is 6.61 Å². The number of aryl methyl sites for hydroxylation is 1. The van der Waals surface area contributed by atoms with Crippen LogP contribution in [0.1, 0.15) is 32.0 Å². The molecule has 5 heteroatoms. The van der Waals surface area contributed by atoms with Crippen LogP contribution in [0.3, 0.4) is 0 Å². The normalized spacial score (nSPS) is 10.9. The van der Waals surface area contributed by atoms with E-state index in [1.807, 2.05) is 6.20 Å². The van der Waals surface area contributed by atoms with Crippen LogP contribution in [0.25, 0.3) is 0 Å². The predicted molar refractivity (Wildman–Crippen MR) is 66.6 cm³/mol. The summed E-state index contributed by atoms with van der Waals surface area (Å²) >= 11 is 0. The zero-order valence-corrected chi connectivity index (χ0v) is 10.6. The molecule has 0 aromatic carbocycles. The van der Waals surface area contributed by atoms with Crippen molar-refractivity contribution in [2.75, 3.05) is 26.4 Å². The van der Waals surface area contributed by atoms with Crippen molar-refractivity contribution in [1.82, 2.24) is 15.4 Å². The van der Waals surface area contributed by atoms with E-state index in [0.717, 1.165) is 51.3 Å². The summed E-state index contributed by atoms with van der Waals surface area (Å²) in [5.41, 5.74) is 2.94. The van der Waals surface area contributed by atoms with Crippen molar-refractivity contribution >= 4 is 0 Å². The zero-order chi connectivity index (χ0) is 12.2. The van der Waals surface area contributed by atoms with Gasteiger partial charge in [0.2, 0.25) is 0 Å². The minimum absolute atomic E-state index is 0.699. The number of nitrogens with zero attached hydrogens (tertiary/aromatic N) is 1. The van der Waals surface area contributed by atoms with Crippen LogP contribution in [0.2, 0.25) is 0 Å². The molecule has 5 nitrogen and oxygen atoms in total. The third-order valence-corrected chi connectivity index (χ3v) is 2.23. The Bertz CT molecular complexity index is 252. The molecule has 1 aromatic heterocycles. The molecule has 1 aromatic rings. The van der Waals surface area contributed by atoms with Gasteiger partial charge in [0.1, 0.15) is 5.82 Å². The highest BCUT2D eigenvalue weighted by molar-refractivity contribution is 4.86. The summed E-state index contributed by atoms with van der Waals surface area (Å²) in [5, 5.41) is 0. The van der Waals surface area contributed by atoms with Gasteiger partial charge in [0.05, 0.1) is 6.61 Å². The van der Waals surface area contributed by atoms with Gasteiger partial charge in [-0.25, -0.2) is 10.5 Å². The molecule has 98 valence electrons. The second-order valence-electron chi connectivity index (χ2n) is 3.85. The predicted octanol–water partition coefficient (Wildman–Crippen LogP) is 1.68. The van der Waals surface area contributed by atoms with Crippen molar-refractivity contribution in [3.8, 4) is 0 Å². The van der Waals surface area contributed by atoms with E-state index in [4.69, 9.17) is 9.57 Å². The molecular weight excluding hydrogens is 218 g/mol. The second-order valence-corrected chi connectivity index (χ2v) is 3.85. The Labute approximate surface area is 103 Å². The highest BCUT2D eigenvalue weighted by atomic mass is 16.6. The first-order chi connectivity index (χ1) is 8.43. The van der Waals surface area contributed by atoms with Gasteiger partial charge >= 0.3 is 0 Å². The van der Waals surface area contributed by atoms with Gasteiger partial charge in [-0.2, -0.15) is 0 Å². The minimum atomic E-state index is 0.699. The van der Waals surface area contributed by atoms with Gasteiger partial charge < -0.3 is 14.6 Å². The Morgan fingerprint density at radius 3 is 3.00 bits per heavy atom. The average Bonchev–Trinajstić information content (AvgIpc) is 2.85. The van der Waals surface area contributed by atoms with Crippen LogP contribution in [0.4, 0.5) is 0 Å². The lowest BCUT2D eigenvalue weighted by Gasteiger charge is -2.05. The van der Waals surface area contributed by atoms with Gasteiger partial charge in [-0.05, 0) is 19.3 Å². The van der Waals surface area contributed by atoms with E-state index < -0.39 is 0 Å². The number of aromatic nitrogens is 2. The van der Waals surface area contributed by atoms with Crippen molar-refractivity contribution in [3.63, 3.8) is 0 Å².